The number of pyridine rings is 1. The number of carbonyl (C=O) groups is 1. The summed E-state index contributed by atoms with van der Waals surface area (Å²) < 4.78 is 52.8. The number of ether oxygens (including phenoxy) is 2. The minimum Gasteiger partial charge on any atom is -0.493 e. The van der Waals surface area contributed by atoms with E-state index in [0.29, 0.717) is 28.7 Å². The molecule has 0 saturated carbocycles. The molecule has 40 heavy (non-hydrogen) atoms. The Balaban J connectivity index is 1.58. The number of hydrogen-bond donors (Lipinski definition) is 1. The minimum absolute atomic E-state index is 0.0545. The van der Waals surface area contributed by atoms with Crippen LogP contribution in [0.25, 0.3) is 22.0 Å². The van der Waals surface area contributed by atoms with Gasteiger partial charge in [-0.2, -0.15) is 13.2 Å². The van der Waals surface area contributed by atoms with Gasteiger partial charge in [0.2, 0.25) is 0 Å². The fraction of sp³-hybridized carbons (Fsp3) is 0.125. The Morgan fingerprint density at radius 2 is 1.62 bits per heavy atom. The third-order valence-electron chi connectivity index (χ3n) is 6.54. The molecule has 1 N–H and O–H groups in total. The number of para-hydroxylation sites is 1. The standard InChI is InChI=1S/C32H24F3NO4/c1-39-27-14-13-23(31(37)38)17-28(27)40-19-21-9-5-10-22(16-21)29-24(15-20-7-3-2-4-8-20)18-36-30-25(29)11-6-12-26(30)32(33,34)35/h2-14,16-18H,15,19H2,1H3,(H,37,38). The Morgan fingerprint density at radius 1 is 0.875 bits per heavy atom. The van der Waals surface area contributed by atoms with Crippen LogP contribution in [0.2, 0.25) is 0 Å². The Bertz CT molecular complexity index is 1680. The molecular weight excluding hydrogens is 519 g/mol. The van der Waals surface area contributed by atoms with Crippen LogP contribution in [0.15, 0.2) is 97.2 Å². The maximum Gasteiger partial charge on any atom is 0.418 e. The molecule has 0 aliphatic rings. The molecule has 0 aliphatic carbocycles. The van der Waals surface area contributed by atoms with Crippen molar-refractivity contribution in [2.75, 3.05) is 7.11 Å². The maximum atomic E-state index is 13.9. The van der Waals surface area contributed by atoms with Gasteiger partial charge in [0.05, 0.1) is 23.8 Å². The van der Waals surface area contributed by atoms with E-state index in [1.165, 1.54) is 37.6 Å². The molecule has 1 aromatic heterocycles. The quantitative estimate of drug-likeness (QED) is 0.216. The number of aromatic nitrogens is 1. The fourth-order valence-corrected chi connectivity index (χ4v) is 4.68. The van der Waals surface area contributed by atoms with Gasteiger partial charge in [-0.05, 0) is 64.6 Å². The van der Waals surface area contributed by atoms with Crippen LogP contribution in [0.3, 0.4) is 0 Å². The maximum absolute atomic E-state index is 13.9. The predicted molar refractivity (Wildman–Crippen MR) is 146 cm³/mol. The molecule has 0 atom stereocenters. The van der Waals surface area contributed by atoms with Gasteiger partial charge >= 0.3 is 12.1 Å². The van der Waals surface area contributed by atoms with E-state index in [1.807, 2.05) is 54.6 Å². The van der Waals surface area contributed by atoms with Crippen molar-refractivity contribution in [3.05, 3.63) is 125 Å². The third-order valence-corrected chi connectivity index (χ3v) is 6.54. The number of methoxy groups -OCH3 is 1. The molecule has 1 heterocycles. The summed E-state index contributed by atoms with van der Waals surface area (Å²) in [4.78, 5) is 15.7. The molecule has 5 aromatic rings. The first-order valence-corrected chi connectivity index (χ1v) is 12.4. The average Bonchev–Trinajstić information content (AvgIpc) is 2.95. The lowest BCUT2D eigenvalue weighted by Crippen LogP contribution is -2.07. The summed E-state index contributed by atoms with van der Waals surface area (Å²) in [5, 5.41) is 9.74. The van der Waals surface area contributed by atoms with Crippen LogP contribution in [0.5, 0.6) is 11.5 Å². The van der Waals surface area contributed by atoms with E-state index in [2.05, 4.69) is 4.98 Å². The molecule has 0 saturated heterocycles. The van der Waals surface area contributed by atoms with Crippen LogP contribution >= 0.6 is 0 Å². The molecule has 5 nitrogen and oxygen atoms in total. The van der Waals surface area contributed by atoms with Gasteiger partial charge in [-0.1, -0.05) is 60.7 Å². The summed E-state index contributed by atoms with van der Waals surface area (Å²) in [7, 11) is 1.46. The minimum atomic E-state index is -4.55. The second-order valence-corrected chi connectivity index (χ2v) is 9.18. The van der Waals surface area contributed by atoms with Crippen LogP contribution in [0.4, 0.5) is 13.2 Å². The van der Waals surface area contributed by atoms with E-state index >= 15 is 0 Å². The van der Waals surface area contributed by atoms with Crippen molar-refractivity contribution in [3.63, 3.8) is 0 Å². The molecule has 4 aromatic carbocycles. The van der Waals surface area contributed by atoms with E-state index in [9.17, 15) is 23.1 Å². The highest BCUT2D eigenvalue weighted by atomic mass is 19.4. The molecule has 8 heteroatoms. The van der Waals surface area contributed by atoms with Crippen molar-refractivity contribution >= 4 is 16.9 Å². The zero-order valence-corrected chi connectivity index (χ0v) is 21.4. The first-order valence-electron chi connectivity index (χ1n) is 12.4. The van der Waals surface area contributed by atoms with E-state index < -0.39 is 17.7 Å². The van der Waals surface area contributed by atoms with Crippen LogP contribution < -0.4 is 9.47 Å². The Kier molecular flexibility index (Phi) is 7.42. The summed E-state index contributed by atoms with van der Waals surface area (Å²) in [5.74, 6) is -0.448. The van der Waals surface area contributed by atoms with Crippen LogP contribution in [0.1, 0.15) is 32.6 Å². The second-order valence-electron chi connectivity index (χ2n) is 9.18. The average molecular weight is 544 g/mol. The summed E-state index contributed by atoms with van der Waals surface area (Å²) in [6.07, 6.45) is -2.55. The third kappa shape index (κ3) is 5.61. The summed E-state index contributed by atoms with van der Waals surface area (Å²) in [6, 6.07) is 25.4. The van der Waals surface area contributed by atoms with E-state index in [1.54, 1.807) is 6.07 Å². The lowest BCUT2D eigenvalue weighted by Gasteiger charge is -2.17. The Morgan fingerprint density at radius 3 is 2.35 bits per heavy atom. The number of aromatic carboxylic acids is 1. The normalized spacial score (nSPS) is 11.4. The van der Waals surface area contributed by atoms with Gasteiger partial charge in [-0.25, -0.2) is 4.79 Å². The highest BCUT2D eigenvalue weighted by Gasteiger charge is 2.33. The number of benzene rings is 4. The lowest BCUT2D eigenvalue weighted by molar-refractivity contribution is -0.136. The van der Waals surface area contributed by atoms with Gasteiger partial charge in [0.15, 0.2) is 11.5 Å². The van der Waals surface area contributed by atoms with Crippen LogP contribution in [0, 0.1) is 0 Å². The number of alkyl halides is 3. The molecule has 0 amide bonds. The first kappa shape index (κ1) is 26.7. The largest absolute Gasteiger partial charge is 0.493 e. The predicted octanol–water partition coefficient (Wildman–Crippen LogP) is 7.80. The number of hydrogen-bond acceptors (Lipinski definition) is 4. The monoisotopic (exact) mass is 543 g/mol. The molecule has 0 fully saturated rings. The molecule has 0 aliphatic heterocycles. The van der Waals surface area contributed by atoms with E-state index in [0.717, 1.165) is 22.8 Å². The Hall–Kier alpha value is -4.85. The lowest BCUT2D eigenvalue weighted by atomic mass is 9.91. The molecule has 0 unspecified atom stereocenters. The van der Waals surface area contributed by atoms with E-state index in [-0.39, 0.29) is 23.4 Å². The highest BCUT2D eigenvalue weighted by molar-refractivity contribution is 5.98. The van der Waals surface area contributed by atoms with Gasteiger partial charge < -0.3 is 14.6 Å². The first-order chi connectivity index (χ1) is 19.2. The summed E-state index contributed by atoms with van der Waals surface area (Å²) >= 11 is 0. The second kappa shape index (κ2) is 11.1. The van der Waals surface area contributed by atoms with Gasteiger partial charge in [0.1, 0.15) is 6.61 Å². The number of nitrogens with zero attached hydrogens (tertiary/aromatic N) is 1. The van der Waals surface area contributed by atoms with Crippen molar-refractivity contribution in [1.82, 2.24) is 4.98 Å². The zero-order chi connectivity index (χ0) is 28.3. The van der Waals surface area contributed by atoms with Crippen molar-refractivity contribution < 1.29 is 32.5 Å². The molecule has 202 valence electrons. The van der Waals surface area contributed by atoms with Crippen LogP contribution in [-0.2, 0) is 19.2 Å². The smallest absolute Gasteiger partial charge is 0.418 e. The molecule has 0 radical (unpaired) electrons. The number of carboxylic acid groups (broad SMARTS) is 1. The number of fused-ring (bicyclic) bond motifs is 1. The van der Waals surface area contributed by atoms with Gasteiger partial charge in [-0.15, -0.1) is 0 Å². The van der Waals surface area contributed by atoms with Crippen molar-refractivity contribution in [2.24, 2.45) is 0 Å². The topological polar surface area (TPSA) is 68.7 Å². The highest BCUT2D eigenvalue weighted by Crippen LogP contribution is 2.39. The van der Waals surface area contributed by atoms with Crippen molar-refractivity contribution in [2.45, 2.75) is 19.2 Å². The molecule has 5 rings (SSSR count). The number of rotatable bonds is 8. The van der Waals surface area contributed by atoms with Crippen molar-refractivity contribution in [1.29, 1.82) is 0 Å². The fourth-order valence-electron chi connectivity index (χ4n) is 4.68. The summed E-state index contributed by atoms with van der Waals surface area (Å²) in [5.41, 5.74) is 3.05. The molecule has 0 bridgehead atoms. The van der Waals surface area contributed by atoms with Crippen molar-refractivity contribution in [3.8, 4) is 22.6 Å². The van der Waals surface area contributed by atoms with E-state index in [4.69, 9.17) is 9.47 Å². The summed E-state index contributed by atoms with van der Waals surface area (Å²) in [6.45, 7) is 0.0815. The molecular formula is C32H24F3NO4. The SMILES string of the molecule is COc1ccc(C(=O)O)cc1OCc1cccc(-c2c(Cc3ccccc3)cnc3c(C(F)(F)F)cccc23)c1. The number of halogens is 3. The zero-order valence-electron chi connectivity index (χ0n) is 21.4. The van der Waals surface area contributed by atoms with Gasteiger partial charge in [0, 0.05) is 11.6 Å². The van der Waals surface area contributed by atoms with Crippen LogP contribution in [-0.4, -0.2) is 23.2 Å². The molecule has 0 spiro atoms. The number of carboxylic acids is 1. The Labute approximate surface area is 228 Å². The van der Waals surface area contributed by atoms with Gasteiger partial charge in [0.25, 0.3) is 0 Å². The van der Waals surface area contributed by atoms with Gasteiger partial charge in [-0.3, -0.25) is 4.98 Å².